The molecule has 0 atom stereocenters. The van der Waals surface area contributed by atoms with Gasteiger partial charge >= 0.3 is 0 Å². The first-order valence-corrected chi connectivity index (χ1v) is 6.51. The Labute approximate surface area is 114 Å². The van der Waals surface area contributed by atoms with Crippen molar-refractivity contribution in [3.05, 3.63) is 34.5 Å². The number of nitrogen functional groups attached to an aromatic ring is 1. The summed E-state index contributed by atoms with van der Waals surface area (Å²) < 4.78 is 7.74. The van der Waals surface area contributed by atoms with E-state index in [-0.39, 0.29) is 0 Å². The van der Waals surface area contributed by atoms with E-state index in [1.165, 1.54) is 5.56 Å². The Morgan fingerprint density at radius 1 is 1.21 bits per heavy atom. The predicted molar refractivity (Wildman–Crippen MR) is 77.7 cm³/mol. The van der Waals surface area contributed by atoms with Crippen molar-refractivity contribution in [1.29, 1.82) is 0 Å². The second-order valence-electron chi connectivity index (χ2n) is 4.90. The quantitative estimate of drug-likeness (QED) is 0.920. The summed E-state index contributed by atoms with van der Waals surface area (Å²) in [5.74, 6) is 1.49. The van der Waals surface area contributed by atoms with Crippen LogP contribution in [0, 0.1) is 20.8 Å². The molecule has 0 spiro atoms. The van der Waals surface area contributed by atoms with Crippen LogP contribution in [0.15, 0.2) is 12.1 Å². The van der Waals surface area contributed by atoms with Gasteiger partial charge in [-0.2, -0.15) is 5.10 Å². The first-order valence-electron chi connectivity index (χ1n) is 6.51. The molecule has 1 aromatic heterocycles. The van der Waals surface area contributed by atoms with Crippen molar-refractivity contribution in [3.8, 4) is 11.6 Å². The van der Waals surface area contributed by atoms with E-state index in [1.807, 2.05) is 20.9 Å². The fourth-order valence-electron chi connectivity index (χ4n) is 2.14. The van der Waals surface area contributed by atoms with E-state index in [0.717, 1.165) is 29.0 Å². The summed E-state index contributed by atoms with van der Waals surface area (Å²) >= 11 is 0. The lowest BCUT2D eigenvalue weighted by molar-refractivity contribution is 0.426. The summed E-state index contributed by atoms with van der Waals surface area (Å²) in [5.41, 5.74) is 11.0. The van der Waals surface area contributed by atoms with Crippen molar-refractivity contribution in [3.63, 3.8) is 0 Å². The molecule has 2 aromatic rings. The maximum absolute atomic E-state index is 6.09. The highest BCUT2D eigenvalue weighted by Crippen LogP contribution is 2.34. The number of aryl methyl sites for hydroxylation is 4. The molecule has 102 valence electrons. The van der Waals surface area contributed by atoms with Crippen LogP contribution in [0.1, 0.15) is 29.3 Å². The molecule has 0 aliphatic rings. The molecule has 0 amide bonds. The summed E-state index contributed by atoms with van der Waals surface area (Å²) in [5, 5.41) is 4.37. The van der Waals surface area contributed by atoms with Crippen LogP contribution in [-0.2, 0) is 13.5 Å². The Hall–Kier alpha value is -1.97. The van der Waals surface area contributed by atoms with E-state index in [1.54, 1.807) is 4.68 Å². The van der Waals surface area contributed by atoms with Gasteiger partial charge in [0, 0.05) is 7.05 Å². The van der Waals surface area contributed by atoms with Crippen molar-refractivity contribution < 1.29 is 4.74 Å². The maximum atomic E-state index is 6.09. The van der Waals surface area contributed by atoms with Crippen LogP contribution in [-0.4, -0.2) is 9.78 Å². The first kappa shape index (κ1) is 13.5. The van der Waals surface area contributed by atoms with Crippen LogP contribution in [0.4, 0.5) is 5.69 Å². The summed E-state index contributed by atoms with van der Waals surface area (Å²) in [6.45, 7) is 8.21. The lowest BCUT2D eigenvalue weighted by atomic mass is 10.1. The van der Waals surface area contributed by atoms with E-state index in [2.05, 4.69) is 31.1 Å². The van der Waals surface area contributed by atoms with E-state index in [9.17, 15) is 0 Å². The molecule has 2 N–H and O–H groups in total. The van der Waals surface area contributed by atoms with Gasteiger partial charge in [-0.25, -0.2) is 4.68 Å². The highest BCUT2D eigenvalue weighted by atomic mass is 16.5. The van der Waals surface area contributed by atoms with Crippen LogP contribution in [0.2, 0.25) is 0 Å². The van der Waals surface area contributed by atoms with Gasteiger partial charge in [0.2, 0.25) is 5.88 Å². The molecule has 0 unspecified atom stereocenters. The van der Waals surface area contributed by atoms with E-state index >= 15 is 0 Å². The van der Waals surface area contributed by atoms with E-state index in [4.69, 9.17) is 10.5 Å². The van der Waals surface area contributed by atoms with Gasteiger partial charge in [0.1, 0.15) is 11.4 Å². The molecule has 1 aromatic carbocycles. The Morgan fingerprint density at radius 2 is 1.84 bits per heavy atom. The van der Waals surface area contributed by atoms with Gasteiger partial charge in [-0.15, -0.1) is 0 Å². The third-order valence-electron chi connectivity index (χ3n) is 3.51. The highest BCUT2D eigenvalue weighted by Gasteiger charge is 2.16. The Balaban J connectivity index is 2.48. The zero-order chi connectivity index (χ0) is 14.2. The fourth-order valence-corrected chi connectivity index (χ4v) is 2.14. The molecule has 0 radical (unpaired) electrons. The number of anilines is 1. The SMILES string of the molecule is CCc1nn(C)c(Oc2c(C)ccc(C)c2C)c1N. The lowest BCUT2D eigenvalue weighted by Gasteiger charge is -2.14. The Morgan fingerprint density at radius 3 is 2.42 bits per heavy atom. The minimum atomic E-state index is 0.619. The Bertz CT molecular complexity index is 614. The van der Waals surface area contributed by atoms with Gasteiger partial charge in [0.05, 0.1) is 5.69 Å². The molecular formula is C15H21N3O. The third kappa shape index (κ3) is 2.30. The standard InChI is InChI=1S/C15H21N3O/c1-6-12-13(16)15(18(5)17-12)19-14-10(3)8-7-9(2)11(14)4/h7-8H,6,16H2,1-5H3. The van der Waals surface area contributed by atoms with Gasteiger partial charge < -0.3 is 10.5 Å². The largest absolute Gasteiger partial charge is 0.437 e. The second kappa shape index (κ2) is 4.96. The summed E-state index contributed by atoms with van der Waals surface area (Å²) in [4.78, 5) is 0. The minimum Gasteiger partial charge on any atom is -0.437 e. The summed E-state index contributed by atoms with van der Waals surface area (Å²) in [6, 6.07) is 4.16. The monoisotopic (exact) mass is 259 g/mol. The number of hydrogen-bond acceptors (Lipinski definition) is 3. The molecule has 0 fully saturated rings. The lowest BCUT2D eigenvalue weighted by Crippen LogP contribution is -2.00. The molecular weight excluding hydrogens is 238 g/mol. The first-order chi connectivity index (χ1) is 8.95. The Kier molecular flexibility index (Phi) is 3.51. The van der Waals surface area contributed by atoms with Crippen molar-refractivity contribution >= 4 is 5.69 Å². The molecule has 4 heteroatoms. The minimum absolute atomic E-state index is 0.619. The van der Waals surface area contributed by atoms with Gasteiger partial charge in [0.25, 0.3) is 0 Å². The molecule has 0 saturated heterocycles. The van der Waals surface area contributed by atoms with Crippen LogP contribution < -0.4 is 10.5 Å². The van der Waals surface area contributed by atoms with Crippen LogP contribution in [0.3, 0.4) is 0 Å². The highest BCUT2D eigenvalue weighted by molar-refractivity contribution is 5.56. The number of rotatable bonds is 3. The number of aromatic nitrogens is 2. The molecule has 19 heavy (non-hydrogen) atoms. The van der Waals surface area contributed by atoms with Crippen LogP contribution in [0.25, 0.3) is 0 Å². The molecule has 0 bridgehead atoms. The summed E-state index contributed by atoms with van der Waals surface area (Å²) in [6.07, 6.45) is 0.800. The molecule has 2 rings (SSSR count). The van der Waals surface area contributed by atoms with Gasteiger partial charge in [0.15, 0.2) is 0 Å². The number of benzene rings is 1. The predicted octanol–water partition coefficient (Wildman–Crippen LogP) is 3.28. The van der Waals surface area contributed by atoms with Crippen LogP contribution in [0.5, 0.6) is 11.6 Å². The zero-order valence-corrected chi connectivity index (χ0v) is 12.2. The van der Waals surface area contributed by atoms with Gasteiger partial charge in [-0.1, -0.05) is 19.1 Å². The third-order valence-corrected chi connectivity index (χ3v) is 3.51. The zero-order valence-electron chi connectivity index (χ0n) is 12.2. The number of nitrogens with zero attached hydrogens (tertiary/aromatic N) is 2. The second-order valence-corrected chi connectivity index (χ2v) is 4.90. The van der Waals surface area contributed by atoms with Crippen LogP contribution >= 0.6 is 0 Å². The molecule has 4 nitrogen and oxygen atoms in total. The molecule has 0 aliphatic heterocycles. The van der Waals surface area contributed by atoms with E-state index in [0.29, 0.717) is 11.6 Å². The summed E-state index contributed by atoms with van der Waals surface area (Å²) in [7, 11) is 1.85. The molecule has 1 heterocycles. The number of hydrogen-bond donors (Lipinski definition) is 1. The molecule has 0 saturated carbocycles. The topological polar surface area (TPSA) is 53.1 Å². The maximum Gasteiger partial charge on any atom is 0.241 e. The normalized spacial score (nSPS) is 10.8. The number of nitrogens with two attached hydrogens (primary N) is 1. The smallest absolute Gasteiger partial charge is 0.241 e. The van der Waals surface area contributed by atoms with Gasteiger partial charge in [-0.3, -0.25) is 0 Å². The van der Waals surface area contributed by atoms with Crippen molar-refractivity contribution in [1.82, 2.24) is 9.78 Å². The fraction of sp³-hybridized carbons (Fsp3) is 0.400. The molecule has 0 aliphatic carbocycles. The number of ether oxygens (including phenoxy) is 1. The van der Waals surface area contributed by atoms with Crippen molar-refractivity contribution in [2.24, 2.45) is 7.05 Å². The van der Waals surface area contributed by atoms with Gasteiger partial charge in [-0.05, 0) is 43.9 Å². The van der Waals surface area contributed by atoms with Crippen molar-refractivity contribution in [2.75, 3.05) is 5.73 Å². The van der Waals surface area contributed by atoms with Crippen molar-refractivity contribution in [2.45, 2.75) is 34.1 Å². The average Bonchev–Trinajstić information content (AvgIpc) is 2.65. The van der Waals surface area contributed by atoms with E-state index < -0.39 is 0 Å². The average molecular weight is 259 g/mol.